The number of carboxylic acid groups (broad SMARTS) is 1. The van der Waals surface area contributed by atoms with E-state index in [1.54, 1.807) is 0 Å². The Balaban J connectivity index is 2.03. The van der Waals surface area contributed by atoms with Gasteiger partial charge >= 0.3 is 5.97 Å². The summed E-state index contributed by atoms with van der Waals surface area (Å²) in [4.78, 5) is 11.6. The number of para-hydroxylation sites is 1. The summed E-state index contributed by atoms with van der Waals surface area (Å²) in [5.74, 6) is -0.150. The minimum Gasteiger partial charge on any atom is -0.481 e. The molecule has 2 aromatic rings. The highest BCUT2D eigenvalue weighted by molar-refractivity contribution is 5.88. The summed E-state index contributed by atoms with van der Waals surface area (Å²) in [7, 11) is 0. The van der Waals surface area contributed by atoms with Crippen LogP contribution >= 0.6 is 0 Å². The van der Waals surface area contributed by atoms with E-state index in [9.17, 15) is 9.90 Å². The van der Waals surface area contributed by atoms with Crippen molar-refractivity contribution in [1.82, 2.24) is 4.57 Å². The van der Waals surface area contributed by atoms with E-state index in [-0.39, 0.29) is 11.8 Å². The van der Waals surface area contributed by atoms with Crippen molar-refractivity contribution in [3.63, 3.8) is 0 Å². The number of hydrogen-bond donors (Lipinski definition) is 1. The van der Waals surface area contributed by atoms with Gasteiger partial charge in [0.15, 0.2) is 0 Å². The van der Waals surface area contributed by atoms with Crippen LogP contribution in [0.15, 0.2) is 24.3 Å². The van der Waals surface area contributed by atoms with Crippen molar-refractivity contribution >= 4 is 16.9 Å². The molecule has 0 amide bonds. The Bertz CT molecular complexity index is 700. The standard InChI is InChI=1S/C17H19NO2/c1-2-18-14-6-4-3-5-12(14)15-10-7-8-11(16(15)18)13(9-10)17(19)20/h3-6,10-11,13H,2,7-9H2,1H3,(H,19,20). The summed E-state index contributed by atoms with van der Waals surface area (Å²) in [6, 6.07) is 8.55. The zero-order valence-electron chi connectivity index (χ0n) is 11.7. The van der Waals surface area contributed by atoms with Gasteiger partial charge in [-0.1, -0.05) is 18.2 Å². The molecule has 0 radical (unpaired) electrons. The highest BCUT2D eigenvalue weighted by Crippen LogP contribution is 2.55. The van der Waals surface area contributed by atoms with Gasteiger partial charge in [-0.25, -0.2) is 0 Å². The molecule has 0 saturated heterocycles. The summed E-state index contributed by atoms with van der Waals surface area (Å²) < 4.78 is 2.36. The van der Waals surface area contributed by atoms with Crippen LogP contribution in [0.25, 0.3) is 10.9 Å². The third-order valence-corrected chi connectivity index (χ3v) is 5.29. The third-order valence-electron chi connectivity index (χ3n) is 5.29. The molecule has 0 aliphatic heterocycles. The number of benzene rings is 1. The van der Waals surface area contributed by atoms with Gasteiger partial charge in [0.2, 0.25) is 0 Å². The van der Waals surface area contributed by atoms with E-state index in [1.807, 2.05) is 0 Å². The van der Waals surface area contributed by atoms with E-state index < -0.39 is 5.97 Å². The van der Waals surface area contributed by atoms with Crippen LogP contribution in [-0.4, -0.2) is 15.6 Å². The number of hydrogen-bond acceptors (Lipinski definition) is 1. The number of carboxylic acids is 1. The predicted octanol–water partition coefficient (Wildman–Crippen LogP) is 3.73. The monoisotopic (exact) mass is 269 g/mol. The van der Waals surface area contributed by atoms with Crippen LogP contribution in [-0.2, 0) is 11.3 Å². The van der Waals surface area contributed by atoms with E-state index in [2.05, 4.69) is 35.8 Å². The topological polar surface area (TPSA) is 42.2 Å². The Morgan fingerprint density at radius 3 is 2.90 bits per heavy atom. The van der Waals surface area contributed by atoms with Gasteiger partial charge < -0.3 is 9.67 Å². The molecular formula is C17H19NO2. The maximum Gasteiger partial charge on any atom is 0.307 e. The van der Waals surface area contributed by atoms with Crippen molar-refractivity contribution in [2.24, 2.45) is 5.92 Å². The Hall–Kier alpha value is -1.77. The summed E-state index contributed by atoms with van der Waals surface area (Å²) in [6.45, 7) is 3.08. The zero-order chi connectivity index (χ0) is 13.9. The normalized spacial score (nSPS) is 27.8. The molecule has 3 aliphatic rings. The lowest BCUT2D eigenvalue weighted by Gasteiger charge is -2.41. The molecule has 3 nitrogen and oxygen atoms in total. The summed E-state index contributed by atoms with van der Waals surface area (Å²) in [6.07, 6.45) is 3.01. The largest absolute Gasteiger partial charge is 0.481 e. The van der Waals surface area contributed by atoms with Gasteiger partial charge in [-0.3, -0.25) is 4.79 Å². The van der Waals surface area contributed by atoms with Crippen LogP contribution in [0.1, 0.15) is 49.3 Å². The summed E-state index contributed by atoms with van der Waals surface area (Å²) >= 11 is 0. The molecule has 3 aliphatic carbocycles. The second-order valence-electron chi connectivity index (χ2n) is 6.12. The maximum atomic E-state index is 11.6. The fourth-order valence-electron chi connectivity index (χ4n) is 4.55. The van der Waals surface area contributed by atoms with Gasteiger partial charge in [-0.05, 0) is 43.7 Å². The van der Waals surface area contributed by atoms with Gasteiger partial charge in [0, 0.05) is 29.1 Å². The molecule has 1 fully saturated rings. The quantitative estimate of drug-likeness (QED) is 0.902. The highest BCUT2D eigenvalue weighted by Gasteiger charge is 2.46. The zero-order valence-corrected chi connectivity index (χ0v) is 11.7. The fourth-order valence-corrected chi connectivity index (χ4v) is 4.55. The summed E-state index contributed by atoms with van der Waals surface area (Å²) in [5.41, 5.74) is 4.06. The lowest BCUT2D eigenvalue weighted by Crippen LogP contribution is -2.35. The molecule has 3 heteroatoms. The molecule has 20 heavy (non-hydrogen) atoms. The lowest BCUT2D eigenvalue weighted by molar-refractivity contribution is -0.144. The Morgan fingerprint density at radius 2 is 2.15 bits per heavy atom. The van der Waals surface area contributed by atoms with Gasteiger partial charge in [-0.2, -0.15) is 0 Å². The third kappa shape index (κ3) is 1.38. The average Bonchev–Trinajstić information content (AvgIpc) is 2.83. The average molecular weight is 269 g/mol. The van der Waals surface area contributed by atoms with E-state index in [4.69, 9.17) is 0 Å². The summed E-state index contributed by atoms with van der Waals surface area (Å²) in [5, 5.41) is 10.9. The second kappa shape index (κ2) is 4.11. The van der Waals surface area contributed by atoms with Gasteiger partial charge in [0.25, 0.3) is 0 Å². The SMILES string of the molecule is CCn1c2c(c3ccccc31)C1CCC2C(C(=O)O)C1. The molecule has 1 saturated carbocycles. The fraction of sp³-hybridized carbons (Fsp3) is 0.471. The van der Waals surface area contributed by atoms with Crippen molar-refractivity contribution in [1.29, 1.82) is 0 Å². The van der Waals surface area contributed by atoms with E-state index in [0.29, 0.717) is 5.92 Å². The van der Waals surface area contributed by atoms with Crippen molar-refractivity contribution in [2.75, 3.05) is 0 Å². The van der Waals surface area contributed by atoms with Crippen LogP contribution in [0.5, 0.6) is 0 Å². The number of rotatable bonds is 2. The molecule has 3 unspecified atom stereocenters. The Morgan fingerprint density at radius 1 is 1.35 bits per heavy atom. The van der Waals surface area contributed by atoms with Crippen LogP contribution in [0, 0.1) is 5.92 Å². The predicted molar refractivity (Wildman–Crippen MR) is 78.1 cm³/mol. The smallest absolute Gasteiger partial charge is 0.307 e. The molecular weight excluding hydrogens is 250 g/mol. The highest BCUT2D eigenvalue weighted by atomic mass is 16.4. The molecule has 1 N–H and O–H groups in total. The van der Waals surface area contributed by atoms with E-state index >= 15 is 0 Å². The Kier molecular flexibility index (Phi) is 2.47. The van der Waals surface area contributed by atoms with E-state index in [0.717, 1.165) is 25.8 Å². The van der Waals surface area contributed by atoms with Gasteiger partial charge in [0.05, 0.1) is 5.92 Å². The number of fused-ring (bicyclic) bond motifs is 3. The molecule has 2 bridgehead atoms. The second-order valence-corrected chi connectivity index (χ2v) is 6.12. The van der Waals surface area contributed by atoms with Crippen molar-refractivity contribution < 1.29 is 9.90 Å². The van der Waals surface area contributed by atoms with Gasteiger partial charge in [0.1, 0.15) is 0 Å². The van der Waals surface area contributed by atoms with Crippen molar-refractivity contribution in [3.05, 3.63) is 35.5 Å². The number of aliphatic carboxylic acids is 1. The Labute approximate surface area is 118 Å². The molecule has 1 heterocycles. The number of aryl methyl sites for hydroxylation is 1. The first-order chi connectivity index (χ1) is 9.72. The molecule has 1 aromatic carbocycles. The van der Waals surface area contributed by atoms with Crippen LogP contribution in [0.3, 0.4) is 0 Å². The molecule has 1 aromatic heterocycles. The van der Waals surface area contributed by atoms with Crippen molar-refractivity contribution in [2.45, 2.75) is 44.6 Å². The number of carbonyl (C=O) groups is 1. The number of aromatic nitrogens is 1. The molecule has 0 spiro atoms. The first kappa shape index (κ1) is 12.0. The first-order valence-electron chi connectivity index (χ1n) is 7.56. The first-order valence-corrected chi connectivity index (χ1v) is 7.56. The molecule has 104 valence electrons. The lowest BCUT2D eigenvalue weighted by atomic mass is 9.63. The van der Waals surface area contributed by atoms with E-state index in [1.165, 1.54) is 22.2 Å². The van der Waals surface area contributed by atoms with Crippen LogP contribution in [0.4, 0.5) is 0 Å². The molecule has 3 atom stereocenters. The van der Waals surface area contributed by atoms with Crippen LogP contribution < -0.4 is 0 Å². The molecule has 5 rings (SSSR count). The van der Waals surface area contributed by atoms with Gasteiger partial charge in [-0.15, -0.1) is 0 Å². The minimum atomic E-state index is -0.613. The number of nitrogens with zero attached hydrogens (tertiary/aromatic N) is 1. The van der Waals surface area contributed by atoms with Crippen LogP contribution in [0.2, 0.25) is 0 Å². The maximum absolute atomic E-state index is 11.6. The van der Waals surface area contributed by atoms with Crippen molar-refractivity contribution in [3.8, 4) is 0 Å². The minimum absolute atomic E-state index is 0.184.